The molecule has 1 nitrogen and oxygen atoms in total. The van der Waals surface area contributed by atoms with Crippen LogP contribution in [0.1, 0.15) is 27.0 Å². The van der Waals surface area contributed by atoms with Crippen molar-refractivity contribution >= 4 is 18.4 Å². The van der Waals surface area contributed by atoms with Gasteiger partial charge in [-0.15, -0.1) is 0 Å². The number of carbonyl (C=O) groups excluding carboxylic acids is 1. The topological polar surface area (TPSA) is 17.1 Å². The van der Waals surface area contributed by atoms with Crippen molar-refractivity contribution in [1.29, 1.82) is 0 Å². The Hall–Kier alpha value is -2.43. The fourth-order valence-corrected chi connectivity index (χ4v) is 1.77. The Morgan fingerprint density at radius 3 is 2.29 bits per heavy atom. The number of alkyl halides is 3. The van der Waals surface area contributed by atoms with Gasteiger partial charge in [0.15, 0.2) is 0 Å². The summed E-state index contributed by atoms with van der Waals surface area (Å²) in [6, 6.07) is 8.66. The summed E-state index contributed by atoms with van der Waals surface area (Å²) in [5.41, 5.74) is -0.0513. The summed E-state index contributed by atoms with van der Waals surface area (Å²) in [7, 11) is 0. The molecule has 0 saturated heterocycles. The zero-order valence-electron chi connectivity index (χ0n) is 10.7. The second kappa shape index (κ2) is 5.91. The van der Waals surface area contributed by atoms with Gasteiger partial charge in [0.25, 0.3) is 0 Å². The van der Waals surface area contributed by atoms with Crippen molar-refractivity contribution in [2.24, 2.45) is 0 Å². The maximum Gasteiger partial charge on any atom is 0.416 e. The van der Waals surface area contributed by atoms with Gasteiger partial charge in [-0.05, 0) is 29.8 Å². The van der Waals surface area contributed by atoms with Crippen LogP contribution in [0.5, 0.6) is 0 Å². The second-order valence-electron chi connectivity index (χ2n) is 4.36. The van der Waals surface area contributed by atoms with Crippen LogP contribution >= 0.6 is 0 Å². The fourth-order valence-electron chi connectivity index (χ4n) is 1.77. The van der Waals surface area contributed by atoms with Crippen LogP contribution in [-0.2, 0) is 6.18 Å². The van der Waals surface area contributed by atoms with E-state index in [1.54, 1.807) is 24.3 Å². The molecule has 5 heteroatoms. The van der Waals surface area contributed by atoms with Gasteiger partial charge in [-0.2, -0.15) is 13.2 Å². The fraction of sp³-hybridized carbons (Fsp3) is 0.0625. The first-order chi connectivity index (χ1) is 9.90. The molecular formula is C16H10F4O. The van der Waals surface area contributed by atoms with Crippen molar-refractivity contribution < 1.29 is 22.4 Å². The largest absolute Gasteiger partial charge is 0.416 e. The molecule has 0 aromatic heterocycles. The maximum atomic E-state index is 13.5. The smallest absolute Gasteiger partial charge is 0.298 e. The molecule has 0 atom stereocenters. The summed E-state index contributed by atoms with van der Waals surface area (Å²) in [5, 5.41) is 0. The van der Waals surface area contributed by atoms with E-state index >= 15 is 0 Å². The van der Waals surface area contributed by atoms with Crippen molar-refractivity contribution in [3.63, 3.8) is 0 Å². The van der Waals surface area contributed by atoms with E-state index in [0.29, 0.717) is 23.5 Å². The van der Waals surface area contributed by atoms with E-state index in [-0.39, 0.29) is 5.56 Å². The monoisotopic (exact) mass is 294 g/mol. The first kappa shape index (κ1) is 15.0. The van der Waals surface area contributed by atoms with E-state index < -0.39 is 17.6 Å². The second-order valence-corrected chi connectivity index (χ2v) is 4.36. The standard InChI is InChI=1S/C16H10F4O/c17-15-7-6-14(16(18,19)20)9-13(15)5-4-11-2-1-3-12(8-11)10-21/h1-10H/b5-4+. The Bertz CT molecular complexity index is 687. The highest BCUT2D eigenvalue weighted by atomic mass is 19.4. The van der Waals surface area contributed by atoms with Gasteiger partial charge in [0.1, 0.15) is 12.1 Å². The van der Waals surface area contributed by atoms with Crippen molar-refractivity contribution in [3.05, 3.63) is 70.5 Å². The number of rotatable bonds is 3. The number of aldehydes is 1. The molecule has 0 amide bonds. The molecule has 0 heterocycles. The molecule has 0 unspecified atom stereocenters. The minimum atomic E-state index is -4.52. The third-order valence-corrected chi connectivity index (χ3v) is 2.83. The number of hydrogen-bond donors (Lipinski definition) is 0. The Kier molecular flexibility index (Phi) is 4.21. The van der Waals surface area contributed by atoms with Crippen LogP contribution in [0.4, 0.5) is 17.6 Å². The van der Waals surface area contributed by atoms with E-state index in [1.807, 2.05) is 0 Å². The number of carbonyl (C=O) groups is 1. The van der Waals surface area contributed by atoms with Gasteiger partial charge in [0, 0.05) is 11.1 Å². The highest BCUT2D eigenvalue weighted by molar-refractivity contribution is 5.78. The highest BCUT2D eigenvalue weighted by Gasteiger charge is 2.30. The molecule has 0 aliphatic heterocycles. The Labute approximate surface area is 118 Å². The SMILES string of the molecule is O=Cc1cccc(/C=C/c2cc(C(F)(F)F)ccc2F)c1. The predicted molar refractivity (Wildman–Crippen MR) is 72.2 cm³/mol. The summed E-state index contributed by atoms with van der Waals surface area (Å²) in [5.74, 6) is -0.745. The summed E-state index contributed by atoms with van der Waals surface area (Å²) in [6.45, 7) is 0. The van der Waals surface area contributed by atoms with Crippen LogP contribution in [0.25, 0.3) is 12.2 Å². The molecule has 0 spiro atoms. The van der Waals surface area contributed by atoms with Gasteiger partial charge in [-0.3, -0.25) is 4.79 Å². The molecule has 0 radical (unpaired) electrons. The molecule has 0 saturated carbocycles. The van der Waals surface area contributed by atoms with E-state index in [0.717, 1.165) is 12.1 Å². The van der Waals surface area contributed by atoms with Crippen molar-refractivity contribution in [2.45, 2.75) is 6.18 Å². The van der Waals surface area contributed by atoms with E-state index in [1.165, 1.54) is 12.2 Å². The lowest BCUT2D eigenvalue weighted by Crippen LogP contribution is -2.05. The van der Waals surface area contributed by atoms with Crippen molar-refractivity contribution in [3.8, 4) is 0 Å². The van der Waals surface area contributed by atoms with E-state index in [4.69, 9.17) is 0 Å². The zero-order chi connectivity index (χ0) is 15.5. The number of benzene rings is 2. The Morgan fingerprint density at radius 1 is 0.905 bits per heavy atom. The van der Waals surface area contributed by atoms with Gasteiger partial charge in [0.05, 0.1) is 5.56 Å². The average Bonchev–Trinajstić information content (AvgIpc) is 2.45. The van der Waals surface area contributed by atoms with Crippen LogP contribution in [0, 0.1) is 5.82 Å². The van der Waals surface area contributed by atoms with Crippen LogP contribution in [0.2, 0.25) is 0 Å². The normalized spacial score (nSPS) is 11.8. The summed E-state index contributed by atoms with van der Waals surface area (Å²) in [6.07, 6.45) is -1.17. The van der Waals surface area contributed by atoms with Crippen molar-refractivity contribution in [2.75, 3.05) is 0 Å². The average molecular weight is 294 g/mol. The lowest BCUT2D eigenvalue weighted by molar-refractivity contribution is -0.137. The third kappa shape index (κ3) is 3.78. The third-order valence-electron chi connectivity index (χ3n) is 2.83. The van der Waals surface area contributed by atoms with Crippen LogP contribution in [0.15, 0.2) is 42.5 Å². The van der Waals surface area contributed by atoms with Crippen LogP contribution in [0.3, 0.4) is 0 Å². The lowest BCUT2D eigenvalue weighted by Gasteiger charge is -2.07. The van der Waals surface area contributed by atoms with Gasteiger partial charge < -0.3 is 0 Å². The van der Waals surface area contributed by atoms with Crippen LogP contribution in [-0.4, -0.2) is 6.29 Å². The molecule has 2 aromatic rings. The maximum absolute atomic E-state index is 13.5. The van der Waals surface area contributed by atoms with Gasteiger partial charge in [-0.25, -0.2) is 4.39 Å². The highest BCUT2D eigenvalue weighted by Crippen LogP contribution is 2.30. The summed E-state index contributed by atoms with van der Waals surface area (Å²) < 4.78 is 51.3. The molecule has 0 aliphatic carbocycles. The Balaban J connectivity index is 2.34. The lowest BCUT2D eigenvalue weighted by atomic mass is 10.1. The number of halogens is 4. The molecule has 108 valence electrons. The van der Waals surface area contributed by atoms with E-state index in [9.17, 15) is 22.4 Å². The quantitative estimate of drug-likeness (QED) is 0.450. The van der Waals surface area contributed by atoms with Gasteiger partial charge >= 0.3 is 6.18 Å². The first-order valence-corrected chi connectivity index (χ1v) is 6.00. The molecule has 0 fully saturated rings. The minimum Gasteiger partial charge on any atom is -0.298 e. The zero-order valence-corrected chi connectivity index (χ0v) is 10.7. The predicted octanol–water partition coefficient (Wildman–Crippen LogP) is 4.83. The van der Waals surface area contributed by atoms with Crippen LogP contribution < -0.4 is 0 Å². The summed E-state index contributed by atoms with van der Waals surface area (Å²) >= 11 is 0. The van der Waals surface area contributed by atoms with E-state index in [2.05, 4.69) is 0 Å². The molecule has 0 aliphatic rings. The van der Waals surface area contributed by atoms with Gasteiger partial charge in [0.2, 0.25) is 0 Å². The Morgan fingerprint density at radius 2 is 1.62 bits per heavy atom. The minimum absolute atomic E-state index is 0.165. The van der Waals surface area contributed by atoms with Gasteiger partial charge in [-0.1, -0.05) is 30.4 Å². The molecule has 0 bridgehead atoms. The van der Waals surface area contributed by atoms with Crippen molar-refractivity contribution in [1.82, 2.24) is 0 Å². The molecule has 0 N–H and O–H groups in total. The first-order valence-electron chi connectivity index (χ1n) is 6.00. The molecule has 2 aromatic carbocycles. The molecule has 2 rings (SSSR count). The molecular weight excluding hydrogens is 284 g/mol. The number of hydrogen-bond acceptors (Lipinski definition) is 1. The summed E-state index contributed by atoms with van der Waals surface area (Å²) in [4.78, 5) is 10.6. The molecule has 21 heavy (non-hydrogen) atoms.